The summed E-state index contributed by atoms with van der Waals surface area (Å²) in [5.74, 6) is 0.502. The zero-order valence-corrected chi connectivity index (χ0v) is 17.3. The molecule has 0 amide bonds. The van der Waals surface area contributed by atoms with Crippen LogP contribution in [0.3, 0.4) is 0 Å². The highest BCUT2D eigenvalue weighted by Crippen LogP contribution is 2.40. The minimum atomic E-state index is -3.93. The highest BCUT2D eigenvalue weighted by Gasteiger charge is 2.30. The van der Waals surface area contributed by atoms with E-state index in [-0.39, 0.29) is 22.8 Å². The Morgan fingerprint density at radius 1 is 1.00 bits per heavy atom. The van der Waals surface area contributed by atoms with Crippen LogP contribution in [0, 0.1) is 11.3 Å². The Bertz CT molecular complexity index is 731. The molecule has 1 aliphatic carbocycles. The molecule has 0 aliphatic heterocycles. The minimum absolute atomic E-state index is 0.114. The first-order valence-electron chi connectivity index (χ1n) is 8.76. The van der Waals surface area contributed by atoms with Gasteiger partial charge in [0.25, 0.3) is 20.2 Å². The molecule has 0 aromatic rings. The lowest BCUT2D eigenvalue weighted by atomic mass is 9.71. The Hall–Kier alpha value is -0.900. The van der Waals surface area contributed by atoms with Crippen molar-refractivity contribution in [2.75, 3.05) is 18.1 Å². The van der Waals surface area contributed by atoms with Crippen molar-refractivity contribution in [1.82, 2.24) is 0 Å². The van der Waals surface area contributed by atoms with Crippen molar-refractivity contribution in [3.8, 4) is 0 Å². The lowest BCUT2D eigenvalue weighted by Gasteiger charge is -2.35. The third-order valence-electron chi connectivity index (χ3n) is 4.70. The van der Waals surface area contributed by atoms with Crippen LogP contribution in [-0.2, 0) is 25.0 Å². The highest BCUT2D eigenvalue weighted by molar-refractivity contribution is 7.86. The molecule has 0 fully saturated rings. The second-order valence-corrected chi connectivity index (χ2v) is 10.5. The molecule has 0 aromatic carbocycles. The summed E-state index contributed by atoms with van der Waals surface area (Å²) in [5, 5.41) is 0. The molecule has 1 rings (SSSR count). The van der Waals surface area contributed by atoms with Gasteiger partial charge in [-0.3, -0.25) is 9.11 Å². The van der Waals surface area contributed by atoms with Gasteiger partial charge in [-0.1, -0.05) is 26.3 Å². The largest absolute Gasteiger partial charge is 0.494 e. The van der Waals surface area contributed by atoms with E-state index < -0.39 is 20.2 Å². The van der Waals surface area contributed by atoms with Gasteiger partial charge < -0.3 is 4.74 Å². The van der Waals surface area contributed by atoms with Crippen LogP contribution in [0.5, 0.6) is 0 Å². The van der Waals surface area contributed by atoms with Gasteiger partial charge in [0.05, 0.1) is 18.1 Å². The van der Waals surface area contributed by atoms with Crippen LogP contribution in [0.1, 0.15) is 52.9 Å². The molecule has 9 heteroatoms. The number of ether oxygens (including phenoxy) is 1. The van der Waals surface area contributed by atoms with Crippen molar-refractivity contribution < 1.29 is 30.7 Å². The molecule has 1 unspecified atom stereocenters. The van der Waals surface area contributed by atoms with Crippen LogP contribution in [0.2, 0.25) is 0 Å². The summed E-state index contributed by atoms with van der Waals surface area (Å²) in [6.07, 6.45) is 6.65. The van der Waals surface area contributed by atoms with Crippen LogP contribution in [-0.4, -0.2) is 44.1 Å². The minimum Gasteiger partial charge on any atom is -0.494 e. The Morgan fingerprint density at radius 2 is 1.54 bits per heavy atom. The fourth-order valence-electron chi connectivity index (χ4n) is 2.88. The monoisotopic (exact) mass is 410 g/mol. The molecule has 152 valence electrons. The molecule has 0 radical (unpaired) electrons. The molecule has 7 nitrogen and oxygen atoms in total. The van der Waals surface area contributed by atoms with E-state index in [4.69, 9.17) is 13.8 Å². The van der Waals surface area contributed by atoms with Gasteiger partial charge in [0, 0.05) is 0 Å². The van der Waals surface area contributed by atoms with Crippen LogP contribution >= 0.6 is 0 Å². The van der Waals surface area contributed by atoms with Crippen LogP contribution in [0.25, 0.3) is 0 Å². The summed E-state index contributed by atoms with van der Waals surface area (Å²) in [5.41, 5.74) is 1.05. The van der Waals surface area contributed by atoms with Gasteiger partial charge in [0.2, 0.25) is 0 Å². The van der Waals surface area contributed by atoms with E-state index in [9.17, 15) is 16.8 Å². The molecule has 2 N–H and O–H groups in total. The van der Waals surface area contributed by atoms with Gasteiger partial charge in [-0.2, -0.15) is 16.8 Å². The van der Waals surface area contributed by atoms with Gasteiger partial charge in [-0.25, -0.2) is 0 Å². The van der Waals surface area contributed by atoms with Crippen molar-refractivity contribution in [2.24, 2.45) is 11.3 Å². The molecule has 0 saturated heterocycles. The van der Waals surface area contributed by atoms with Gasteiger partial charge in [-0.05, 0) is 55.6 Å². The van der Waals surface area contributed by atoms with Crippen molar-refractivity contribution in [2.45, 2.75) is 52.9 Å². The van der Waals surface area contributed by atoms with Crippen LogP contribution < -0.4 is 0 Å². The number of rotatable bonds is 11. The number of allylic oxidation sites excluding steroid dienone is 3. The molecule has 0 spiro atoms. The van der Waals surface area contributed by atoms with Crippen molar-refractivity contribution in [3.63, 3.8) is 0 Å². The SMILES string of the molecule is CC1C(CCCCS(=O)(=O)O)=CC(OCCCCS(=O)(=O)O)=CC1(C)C. The van der Waals surface area contributed by atoms with Gasteiger partial charge in [0.1, 0.15) is 5.76 Å². The van der Waals surface area contributed by atoms with Crippen molar-refractivity contribution in [3.05, 3.63) is 23.5 Å². The fraction of sp³-hybridized carbons (Fsp3) is 0.765. The summed E-state index contributed by atoms with van der Waals surface area (Å²) in [6, 6.07) is 0. The van der Waals surface area contributed by atoms with Crippen LogP contribution in [0.15, 0.2) is 23.5 Å². The normalized spacial score (nSPS) is 20.4. The highest BCUT2D eigenvalue weighted by atomic mass is 32.2. The Morgan fingerprint density at radius 3 is 2.08 bits per heavy atom. The molecular weight excluding hydrogens is 380 g/mol. The lowest BCUT2D eigenvalue weighted by molar-refractivity contribution is 0.202. The second kappa shape index (κ2) is 9.34. The van der Waals surface area contributed by atoms with Crippen LogP contribution in [0.4, 0.5) is 0 Å². The molecule has 26 heavy (non-hydrogen) atoms. The van der Waals surface area contributed by atoms with Crippen molar-refractivity contribution in [1.29, 1.82) is 0 Å². The van der Waals surface area contributed by atoms with E-state index in [2.05, 4.69) is 20.8 Å². The third kappa shape index (κ3) is 9.16. The molecule has 0 heterocycles. The van der Waals surface area contributed by atoms with Gasteiger partial charge in [-0.15, -0.1) is 0 Å². The van der Waals surface area contributed by atoms with E-state index in [0.717, 1.165) is 12.2 Å². The molecule has 1 atom stereocenters. The third-order valence-corrected chi connectivity index (χ3v) is 6.31. The summed E-state index contributed by atoms with van der Waals surface area (Å²) in [4.78, 5) is 0. The van der Waals surface area contributed by atoms with E-state index in [1.54, 1.807) is 0 Å². The average molecular weight is 411 g/mol. The summed E-state index contributed by atoms with van der Waals surface area (Å²) in [6.45, 7) is 6.68. The number of hydrogen-bond donors (Lipinski definition) is 2. The van der Waals surface area contributed by atoms with E-state index in [0.29, 0.717) is 32.3 Å². The predicted octanol–water partition coefficient (Wildman–Crippen LogP) is 3.22. The topological polar surface area (TPSA) is 118 Å². The molecule has 1 aliphatic rings. The lowest BCUT2D eigenvalue weighted by Crippen LogP contribution is -2.25. The smallest absolute Gasteiger partial charge is 0.264 e. The van der Waals surface area contributed by atoms with Gasteiger partial charge in [0.15, 0.2) is 0 Å². The summed E-state index contributed by atoms with van der Waals surface area (Å²) in [7, 11) is -7.85. The summed E-state index contributed by atoms with van der Waals surface area (Å²) < 4.78 is 66.2. The number of hydrogen-bond acceptors (Lipinski definition) is 5. The van der Waals surface area contributed by atoms with E-state index >= 15 is 0 Å². The van der Waals surface area contributed by atoms with E-state index in [1.165, 1.54) is 5.57 Å². The second-order valence-electron chi connectivity index (χ2n) is 7.39. The average Bonchev–Trinajstić information content (AvgIpc) is 2.45. The molecule has 0 bridgehead atoms. The first-order valence-corrected chi connectivity index (χ1v) is 12.0. The fourth-order valence-corrected chi connectivity index (χ4v) is 4.02. The Labute approximate surface area is 157 Å². The molecule has 0 aromatic heterocycles. The van der Waals surface area contributed by atoms with E-state index in [1.807, 2.05) is 12.2 Å². The maximum atomic E-state index is 10.8. The quantitative estimate of drug-likeness (QED) is 0.396. The maximum Gasteiger partial charge on any atom is 0.264 e. The Kier molecular flexibility index (Phi) is 8.32. The first kappa shape index (κ1) is 23.1. The summed E-state index contributed by atoms with van der Waals surface area (Å²) >= 11 is 0. The first-order chi connectivity index (χ1) is 11.8. The zero-order valence-electron chi connectivity index (χ0n) is 15.6. The number of unbranched alkanes of at least 4 members (excludes halogenated alkanes) is 2. The van der Waals surface area contributed by atoms with Crippen molar-refractivity contribution >= 4 is 20.2 Å². The zero-order chi connectivity index (χ0) is 20.0. The Balaban J connectivity index is 2.57. The maximum absolute atomic E-state index is 10.8. The standard InChI is InChI=1S/C17H30O7S2/c1-14-15(8-4-6-10-25(18,19)20)12-16(13-17(14,2)3)24-9-5-7-11-26(21,22)23/h12-14H,4-11H2,1-3H3,(H,18,19,20)(H,21,22,23). The van der Waals surface area contributed by atoms with Gasteiger partial charge >= 0.3 is 0 Å². The predicted molar refractivity (Wildman–Crippen MR) is 101 cm³/mol. The molecular formula is C17H30O7S2. The molecule has 0 saturated carbocycles.